The maximum atomic E-state index is 13.0. The number of rotatable bonds is 7. The number of ether oxygens (including phenoxy) is 3. The molecule has 0 saturated carbocycles. The van der Waals surface area contributed by atoms with Crippen molar-refractivity contribution in [2.24, 2.45) is 5.10 Å². The summed E-state index contributed by atoms with van der Waals surface area (Å²) in [5, 5.41) is 4.87. The van der Waals surface area contributed by atoms with E-state index in [0.717, 1.165) is 10.0 Å². The second-order valence-corrected chi connectivity index (χ2v) is 8.63. The third kappa shape index (κ3) is 4.97. The van der Waals surface area contributed by atoms with E-state index < -0.39 is 0 Å². The van der Waals surface area contributed by atoms with Gasteiger partial charge in [0.25, 0.3) is 5.56 Å². The summed E-state index contributed by atoms with van der Waals surface area (Å²) in [6, 6.07) is 17.1. The van der Waals surface area contributed by atoms with E-state index in [1.165, 1.54) is 10.2 Å². The highest BCUT2D eigenvalue weighted by Crippen LogP contribution is 2.38. The van der Waals surface area contributed by atoms with Crippen molar-refractivity contribution < 1.29 is 14.2 Å². The molecule has 0 atom stereocenters. The Morgan fingerprint density at radius 3 is 2.32 bits per heavy atom. The molecule has 0 spiro atoms. The van der Waals surface area contributed by atoms with Crippen LogP contribution >= 0.6 is 15.9 Å². The Kier molecular flexibility index (Phi) is 6.98. The van der Waals surface area contributed by atoms with Crippen LogP contribution in [0.15, 0.2) is 69.0 Å². The van der Waals surface area contributed by atoms with Crippen molar-refractivity contribution in [2.45, 2.75) is 20.5 Å². The minimum atomic E-state index is -0.253. The van der Waals surface area contributed by atoms with E-state index >= 15 is 0 Å². The van der Waals surface area contributed by atoms with Crippen LogP contribution in [0.3, 0.4) is 0 Å². The standard InChI is InChI=1S/C26H24BrN3O4/c1-16-5-7-18(8-6-16)15-34-25-23(32-3)11-19(12-24(25)33-4)14-28-30-17(2)29-22-10-9-20(27)13-21(22)26(30)31/h5-14H,15H2,1-4H3. The van der Waals surface area contributed by atoms with E-state index in [0.29, 0.717) is 46.1 Å². The van der Waals surface area contributed by atoms with Crippen LogP contribution in [0.4, 0.5) is 0 Å². The van der Waals surface area contributed by atoms with Crippen LogP contribution in [0.1, 0.15) is 22.5 Å². The van der Waals surface area contributed by atoms with Crippen LogP contribution in [-0.4, -0.2) is 30.1 Å². The first kappa shape index (κ1) is 23.5. The zero-order chi connectivity index (χ0) is 24.2. The van der Waals surface area contributed by atoms with Crippen LogP contribution in [0, 0.1) is 13.8 Å². The number of benzene rings is 3. The molecule has 0 radical (unpaired) electrons. The van der Waals surface area contributed by atoms with Gasteiger partial charge in [0.15, 0.2) is 11.5 Å². The van der Waals surface area contributed by atoms with Gasteiger partial charge in [-0.25, -0.2) is 4.98 Å². The molecule has 4 aromatic rings. The van der Waals surface area contributed by atoms with Crippen LogP contribution < -0.4 is 19.8 Å². The molecule has 0 saturated heterocycles. The molecule has 1 heterocycles. The zero-order valence-corrected chi connectivity index (χ0v) is 20.9. The number of halogens is 1. The number of hydrogen-bond donors (Lipinski definition) is 0. The third-order valence-electron chi connectivity index (χ3n) is 5.28. The summed E-state index contributed by atoms with van der Waals surface area (Å²) in [6.45, 7) is 4.15. The lowest BCUT2D eigenvalue weighted by molar-refractivity contribution is 0.266. The fourth-order valence-electron chi connectivity index (χ4n) is 3.48. The van der Waals surface area contributed by atoms with Crippen molar-refractivity contribution in [1.29, 1.82) is 0 Å². The highest BCUT2D eigenvalue weighted by Gasteiger charge is 2.15. The van der Waals surface area contributed by atoms with Gasteiger partial charge in [-0.1, -0.05) is 45.8 Å². The van der Waals surface area contributed by atoms with Crippen molar-refractivity contribution in [3.8, 4) is 17.2 Å². The molecule has 174 valence electrons. The molecule has 0 amide bonds. The maximum absolute atomic E-state index is 13.0. The highest BCUT2D eigenvalue weighted by molar-refractivity contribution is 9.10. The smallest absolute Gasteiger partial charge is 0.282 e. The maximum Gasteiger partial charge on any atom is 0.282 e. The topological polar surface area (TPSA) is 74.9 Å². The van der Waals surface area contributed by atoms with Crippen LogP contribution in [0.2, 0.25) is 0 Å². The van der Waals surface area contributed by atoms with Gasteiger partial charge in [0, 0.05) is 10.0 Å². The summed E-state index contributed by atoms with van der Waals surface area (Å²) < 4.78 is 19.2. The first-order chi connectivity index (χ1) is 16.4. The van der Waals surface area contributed by atoms with Gasteiger partial charge >= 0.3 is 0 Å². The molecule has 4 rings (SSSR count). The van der Waals surface area contributed by atoms with Crippen LogP contribution in [0.25, 0.3) is 10.9 Å². The lowest BCUT2D eigenvalue weighted by Gasteiger charge is -2.15. The number of aryl methyl sites for hydroxylation is 2. The zero-order valence-electron chi connectivity index (χ0n) is 19.3. The van der Waals surface area contributed by atoms with Crippen molar-refractivity contribution in [2.75, 3.05) is 14.2 Å². The second-order valence-electron chi connectivity index (χ2n) is 7.71. The summed E-state index contributed by atoms with van der Waals surface area (Å²) in [5.74, 6) is 1.97. The van der Waals surface area contributed by atoms with E-state index in [1.54, 1.807) is 51.6 Å². The Balaban J connectivity index is 1.66. The summed E-state index contributed by atoms with van der Waals surface area (Å²) >= 11 is 3.40. The van der Waals surface area contributed by atoms with Gasteiger partial charge in [-0.3, -0.25) is 4.79 Å². The van der Waals surface area contributed by atoms with Crippen molar-refractivity contribution in [3.63, 3.8) is 0 Å². The number of fused-ring (bicyclic) bond motifs is 1. The Labute approximate surface area is 205 Å². The van der Waals surface area contributed by atoms with E-state index in [9.17, 15) is 4.79 Å². The molecule has 0 unspecified atom stereocenters. The first-order valence-electron chi connectivity index (χ1n) is 10.6. The molecule has 0 aliphatic heterocycles. The molecule has 0 N–H and O–H groups in total. The average molecular weight is 522 g/mol. The minimum Gasteiger partial charge on any atom is -0.493 e. The van der Waals surface area contributed by atoms with Gasteiger partial charge in [-0.2, -0.15) is 9.78 Å². The fourth-order valence-corrected chi connectivity index (χ4v) is 3.84. The third-order valence-corrected chi connectivity index (χ3v) is 5.77. The molecule has 8 heteroatoms. The SMILES string of the molecule is COc1cc(C=Nn2c(C)nc3ccc(Br)cc3c2=O)cc(OC)c1OCc1ccc(C)cc1. The monoisotopic (exact) mass is 521 g/mol. The Morgan fingerprint density at radius 1 is 1.00 bits per heavy atom. The summed E-state index contributed by atoms with van der Waals surface area (Å²) in [7, 11) is 3.13. The molecular weight excluding hydrogens is 498 g/mol. The molecule has 34 heavy (non-hydrogen) atoms. The summed E-state index contributed by atoms with van der Waals surface area (Å²) in [4.78, 5) is 17.5. The largest absolute Gasteiger partial charge is 0.493 e. The molecule has 7 nitrogen and oxygen atoms in total. The average Bonchev–Trinajstić information content (AvgIpc) is 2.84. The Hall–Kier alpha value is -3.65. The Bertz CT molecular complexity index is 1400. The van der Waals surface area contributed by atoms with Crippen LogP contribution in [-0.2, 0) is 6.61 Å². The van der Waals surface area contributed by atoms with E-state index in [2.05, 4.69) is 26.0 Å². The molecule has 0 aliphatic carbocycles. The Morgan fingerprint density at radius 2 is 1.68 bits per heavy atom. The van der Waals surface area contributed by atoms with E-state index in [1.807, 2.05) is 37.3 Å². The van der Waals surface area contributed by atoms with Crippen LogP contribution in [0.5, 0.6) is 17.2 Å². The van der Waals surface area contributed by atoms with Gasteiger partial charge in [-0.05, 0) is 49.7 Å². The van der Waals surface area contributed by atoms with Crippen molar-refractivity contribution >= 4 is 33.0 Å². The number of methoxy groups -OCH3 is 2. The number of nitrogens with zero attached hydrogens (tertiary/aromatic N) is 3. The van der Waals surface area contributed by atoms with E-state index in [-0.39, 0.29) is 5.56 Å². The molecule has 1 aromatic heterocycles. The van der Waals surface area contributed by atoms with Gasteiger partial charge in [0.05, 0.1) is 31.3 Å². The van der Waals surface area contributed by atoms with Gasteiger partial charge in [0.2, 0.25) is 5.75 Å². The molecule has 0 fully saturated rings. The molecule has 0 bridgehead atoms. The van der Waals surface area contributed by atoms with Gasteiger partial charge in [-0.15, -0.1) is 0 Å². The lowest BCUT2D eigenvalue weighted by Crippen LogP contribution is -2.20. The normalized spacial score (nSPS) is 11.2. The quantitative estimate of drug-likeness (QED) is 0.310. The van der Waals surface area contributed by atoms with E-state index in [4.69, 9.17) is 14.2 Å². The number of aromatic nitrogens is 2. The highest BCUT2D eigenvalue weighted by atomic mass is 79.9. The van der Waals surface area contributed by atoms with Gasteiger partial charge in [0.1, 0.15) is 12.4 Å². The predicted octanol–water partition coefficient (Wildman–Crippen LogP) is 5.25. The minimum absolute atomic E-state index is 0.253. The first-order valence-corrected chi connectivity index (χ1v) is 11.4. The lowest BCUT2D eigenvalue weighted by atomic mass is 10.1. The molecule has 0 aliphatic rings. The summed E-state index contributed by atoms with van der Waals surface area (Å²) in [6.07, 6.45) is 1.56. The fraction of sp³-hybridized carbons (Fsp3) is 0.192. The van der Waals surface area contributed by atoms with Gasteiger partial charge < -0.3 is 14.2 Å². The molecule has 3 aromatic carbocycles. The van der Waals surface area contributed by atoms with Crippen molar-refractivity contribution in [1.82, 2.24) is 9.66 Å². The second kappa shape index (κ2) is 10.1. The predicted molar refractivity (Wildman–Crippen MR) is 136 cm³/mol. The van der Waals surface area contributed by atoms with Crippen molar-refractivity contribution in [3.05, 3.63) is 91.9 Å². The number of hydrogen-bond acceptors (Lipinski definition) is 6. The summed E-state index contributed by atoms with van der Waals surface area (Å²) in [5.41, 5.74) is 3.27. The molecular formula is C26H24BrN3O4.